The van der Waals surface area contributed by atoms with Crippen LogP contribution in [0.5, 0.6) is 0 Å². The van der Waals surface area contributed by atoms with E-state index in [4.69, 9.17) is 16.2 Å². The molecule has 4 nitrogen and oxygen atoms in total. The van der Waals surface area contributed by atoms with Crippen molar-refractivity contribution in [1.29, 1.82) is 5.41 Å². The van der Waals surface area contributed by atoms with Crippen molar-refractivity contribution in [2.24, 2.45) is 5.73 Å². The number of nitrogens with two attached hydrogens (primary N) is 1. The highest BCUT2D eigenvalue weighted by Crippen LogP contribution is 1.95. The highest BCUT2D eigenvalue weighted by molar-refractivity contribution is 5.74. The molecular weight excluding hydrogens is 118 g/mol. The number of nitrogens with one attached hydrogen (secondary N) is 2. The molecule has 0 fully saturated rings. The van der Waals surface area contributed by atoms with Gasteiger partial charge in [0.2, 0.25) is 0 Å². The molecule has 0 heterocycles. The Morgan fingerprint density at radius 1 is 1.78 bits per heavy atom. The van der Waals surface area contributed by atoms with Gasteiger partial charge in [-0.3, -0.25) is 5.41 Å². The Morgan fingerprint density at radius 2 is 2.22 bits per heavy atom. The van der Waals surface area contributed by atoms with Crippen molar-refractivity contribution in [3.8, 4) is 0 Å². The molecule has 0 aliphatic rings. The minimum absolute atomic E-state index is 0.114. The molecule has 0 aromatic rings. The lowest BCUT2D eigenvalue weighted by Gasteiger charge is -2.16. The molecule has 54 valence electrons. The molecule has 0 aliphatic heterocycles. The van der Waals surface area contributed by atoms with Gasteiger partial charge in [-0.2, -0.15) is 0 Å². The zero-order chi connectivity index (χ0) is 7.49. The van der Waals surface area contributed by atoms with Crippen LogP contribution < -0.4 is 11.1 Å². The van der Waals surface area contributed by atoms with E-state index in [1.165, 1.54) is 0 Å². The lowest BCUT2D eigenvalue weighted by atomic mass is 10.1. The fourth-order valence-corrected chi connectivity index (χ4v) is 0.312. The summed E-state index contributed by atoms with van der Waals surface area (Å²) in [5.74, 6) is -0.114. The van der Waals surface area contributed by atoms with E-state index in [2.05, 4.69) is 5.32 Å². The number of rotatable bonds is 2. The Hall–Kier alpha value is -0.770. The maximum absolute atomic E-state index is 9.05. The van der Waals surface area contributed by atoms with E-state index in [0.717, 1.165) is 0 Å². The van der Waals surface area contributed by atoms with Crippen LogP contribution in [0.25, 0.3) is 0 Å². The largest absolute Gasteiger partial charge is 0.389 e. The first-order valence-electron chi connectivity index (χ1n) is 2.72. The third-order valence-corrected chi connectivity index (χ3v) is 0.711. The summed E-state index contributed by atoms with van der Waals surface area (Å²) in [6, 6.07) is 0. The Labute approximate surface area is 54.6 Å². The lowest BCUT2D eigenvalue weighted by Crippen LogP contribution is -2.41. The van der Waals surface area contributed by atoms with Gasteiger partial charge >= 0.3 is 0 Å². The van der Waals surface area contributed by atoms with Crippen LogP contribution in [0.15, 0.2) is 0 Å². The molecule has 0 spiro atoms. The van der Waals surface area contributed by atoms with Gasteiger partial charge in [0, 0.05) is 6.54 Å². The molecule has 0 saturated carbocycles. The summed E-state index contributed by atoms with van der Waals surface area (Å²) in [6.45, 7) is 3.59. The van der Waals surface area contributed by atoms with Crippen molar-refractivity contribution in [3.63, 3.8) is 0 Å². The van der Waals surface area contributed by atoms with Gasteiger partial charge in [0.1, 0.15) is 0 Å². The van der Waals surface area contributed by atoms with Crippen molar-refractivity contribution in [2.45, 2.75) is 19.4 Å². The molecule has 0 bridgehead atoms. The zero-order valence-electron chi connectivity index (χ0n) is 5.73. The smallest absolute Gasteiger partial charge is 0.185 e. The van der Waals surface area contributed by atoms with Gasteiger partial charge in [0.05, 0.1) is 5.60 Å². The molecule has 0 aromatic heterocycles. The predicted octanol–water partition coefficient (Wildman–Crippen LogP) is -0.760. The monoisotopic (exact) mass is 131 g/mol. The second-order valence-electron chi connectivity index (χ2n) is 2.58. The van der Waals surface area contributed by atoms with E-state index < -0.39 is 5.60 Å². The summed E-state index contributed by atoms with van der Waals surface area (Å²) in [7, 11) is 0. The highest BCUT2D eigenvalue weighted by Gasteiger charge is 2.10. The number of hydrogen-bond acceptors (Lipinski definition) is 2. The molecule has 4 heteroatoms. The molecule has 0 atom stereocenters. The standard InChI is InChI=1S/C5H13N3O/c1-5(2,9)3-8-4(6)7/h9H,3H2,1-2H3,(H4,6,7,8). The molecule has 0 amide bonds. The summed E-state index contributed by atoms with van der Waals surface area (Å²) < 4.78 is 0. The summed E-state index contributed by atoms with van der Waals surface area (Å²) in [4.78, 5) is 0. The van der Waals surface area contributed by atoms with E-state index >= 15 is 0 Å². The fraction of sp³-hybridized carbons (Fsp3) is 0.800. The maximum atomic E-state index is 9.05. The lowest BCUT2D eigenvalue weighted by molar-refractivity contribution is 0.0848. The van der Waals surface area contributed by atoms with Crippen LogP contribution in [-0.2, 0) is 0 Å². The van der Waals surface area contributed by atoms with E-state index in [0.29, 0.717) is 6.54 Å². The van der Waals surface area contributed by atoms with Crippen LogP contribution in [0.3, 0.4) is 0 Å². The number of aliphatic hydroxyl groups is 1. The third-order valence-electron chi connectivity index (χ3n) is 0.711. The minimum atomic E-state index is -0.800. The van der Waals surface area contributed by atoms with Crippen LogP contribution in [0.1, 0.15) is 13.8 Å². The third kappa shape index (κ3) is 7.23. The zero-order valence-corrected chi connectivity index (χ0v) is 5.73. The molecule has 0 aliphatic carbocycles. The second kappa shape index (κ2) is 2.68. The molecule has 0 rings (SSSR count). The van der Waals surface area contributed by atoms with E-state index in [1.807, 2.05) is 0 Å². The van der Waals surface area contributed by atoms with Crippen molar-refractivity contribution < 1.29 is 5.11 Å². The highest BCUT2D eigenvalue weighted by atomic mass is 16.3. The van der Waals surface area contributed by atoms with Gasteiger partial charge in [0.15, 0.2) is 5.96 Å². The topological polar surface area (TPSA) is 82.1 Å². The van der Waals surface area contributed by atoms with Gasteiger partial charge in [0.25, 0.3) is 0 Å². The first kappa shape index (κ1) is 8.23. The molecule has 0 saturated heterocycles. The van der Waals surface area contributed by atoms with Crippen LogP contribution in [0, 0.1) is 5.41 Å². The Bertz CT molecular complexity index is 105. The SMILES string of the molecule is CC(C)(O)CNC(=N)N. The molecule has 0 radical (unpaired) electrons. The van der Waals surface area contributed by atoms with Gasteiger partial charge in [-0.05, 0) is 13.8 Å². The van der Waals surface area contributed by atoms with Gasteiger partial charge in [-0.15, -0.1) is 0 Å². The first-order valence-corrected chi connectivity index (χ1v) is 2.72. The van der Waals surface area contributed by atoms with Gasteiger partial charge < -0.3 is 16.2 Å². The fourth-order valence-electron chi connectivity index (χ4n) is 0.312. The van der Waals surface area contributed by atoms with Gasteiger partial charge in [-0.1, -0.05) is 0 Å². The van der Waals surface area contributed by atoms with E-state index in [-0.39, 0.29) is 5.96 Å². The Balaban J connectivity index is 3.39. The second-order valence-corrected chi connectivity index (χ2v) is 2.58. The first-order chi connectivity index (χ1) is 3.92. The molecule has 5 N–H and O–H groups in total. The van der Waals surface area contributed by atoms with Crippen LogP contribution in [-0.4, -0.2) is 23.2 Å². The van der Waals surface area contributed by atoms with Gasteiger partial charge in [-0.25, -0.2) is 0 Å². The summed E-state index contributed by atoms with van der Waals surface area (Å²) in [5.41, 5.74) is 4.16. The average Bonchev–Trinajstić information content (AvgIpc) is 1.59. The molecular formula is C5H13N3O. The van der Waals surface area contributed by atoms with Crippen molar-refractivity contribution >= 4 is 5.96 Å². The van der Waals surface area contributed by atoms with E-state index in [1.54, 1.807) is 13.8 Å². The molecule has 0 unspecified atom stereocenters. The predicted molar refractivity (Wildman–Crippen MR) is 36.2 cm³/mol. The molecule has 0 aromatic carbocycles. The molecule has 9 heavy (non-hydrogen) atoms. The quantitative estimate of drug-likeness (QED) is 0.294. The average molecular weight is 131 g/mol. The summed E-state index contributed by atoms with van der Waals surface area (Å²) in [6.07, 6.45) is 0. The van der Waals surface area contributed by atoms with E-state index in [9.17, 15) is 0 Å². The minimum Gasteiger partial charge on any atom is -0.389 e. The van der Waals surface area contributed by atoms with Crippen molar-refractivity contribution in [3.05, 3.63) is 0 Å². The number of hydrogen-bond donors (Lipinski definition) is 4. The normalized spacial score (nSPS) is 11.0. The van der Waals surface area contributed by atoms with Crippen LogP contribution in [0.2, 0.25) is 0 Å². The Morgan fingerprint density at radius 3 is 2.33 bits per heavy atom. The summed E-state index contributed by atoms with van der Waals surface area (Å²) >= 11 is 0. The van der Waals surface area contributed by atoms with Crippen molar-refractivity contribution in [2.75, 3.05) is 6.54 Å². The number of guanidine groups is 1. The van der Waals surface area contributed by atoms with Crippen molar-refractivity contribution in [1.82, 2.24) is 5.32 Å². The van der Waals surface area contributed by atoms with Crippen LogP contribution >= 0.6 is 0 Å². The summed E-state index contributed by atoms with van der Waals surface area (Å²) in [5, 5.41) is 18.3. The maximum Gasteiger partial charge on any atom is 0.185 e. The Kier molecular flexibility index (Phi) is 2.45. The van der Waals surface area contributed by atoms with Crippen LogP contribution in [0.4, 0.5) is 0 Å².